The fraction of sp³-hybridized carbons (Fsp3) is 0.400. The number of azo groups is 1. The third-order valence-corrected chi connectivity index (χ3v) is 5.91. The molecule has 8 nitrogen and oxygen atoms in total. The summed E-state index contributed by atoms with van der Waals surface area (Å²) >= 11 is 0. The summed E-state index contributed by atoms with van der Waals surface area (Å²) in [5.74, 6) is -0.316. The predicted molar refractivity (Wildman–Crippen MR) is 131 cm³/mol. The molecule has 3 heterocycles. The van der Waals surface area contributed by atoms with Crippen molar-refractivity contribution in [3.63, 3.8) is 0 Å². The highest BCUT2D eigenvalue weighted by Crippen LogP contribution is 2.32. The maximum absolute atomic E-state index is 14.5. The summed E-state index contributed by atoms with van der Waals surface area (Å²) in [5, 5.41) is 11.2. The molecule has 1 fully saturated rings. The van der Waals surface area contributed by atoms with Crippen LogP contribution >= 0.6 is 0 Å². The molecule has 1 saturated heterocycles. The predicted octanol–water partition coefficient (Wildman–Crippen LogP) is 6.23. The third-order valence-electron chi connectivity index (χ3n) is 5.91. The number of pyridine rings is 1. The molecular weight excluding hydrogens is 490 g/mol. The van der Waals surface area contributed by atoms with Gasteiger partial charge in [-0.3, -0.25) is 4.98 Å². The fourth-order valence-electron chi connectivity index (χ4n) is 3.99. The molecule has 1 aromatic carbocycles. The first-order chi connectivity index (χ1) is 17.8. The maximum Gasteiger partial charge on any atom is 0.416 e. The molecule has 4 rings (SSSR count). The number of rotatable bonds is 8. The van der Waals surface area contributed by atoms with Crippen LogP contribution in [0.25, 0.3) is 0 Å². The van der Waals surface area contributed by atoms with Gasteiger partial charge in [-0.2, -0.15) is 23.3 Å². The van der Waals surface area contributed by atoms with E-state index in [1.165, 1.54) is 6.07 Å². The van der Waals surface area contributed by atoms with E-state index in [1.54, 1.807) is 18.2 Å². The number of hydrogen-bond donors (Lipinski definition) is 1. The molecule has 196 valence electrons. The molecule has 1 unspecified atom stereocenters. The number of aryl methyl sites for hydroxylation is 1. The van der Waals surface area contributed by atoms with Crippen LogP contribution in [0.2, 0.25) is 0 Å². The average Bonchev–Trinajstić information content (AvgIpc) is 2.90. The summed E-state index contributed by atoms with van der Waals surface area (Å²) in [6, 6.07) is 8.46. The number of morpholine rings is 1. The second-order valence-corrected chi connectivity index (χ2v) is 8.43. The smallest absolute Gasteiger partial charge is 0.377 e. The highest BCUT2D eigenvalue weighted by Gasteiger charge is 2.30. The first-order valence-corrected chi connectivity index (χ1v) is 12.0. The molecule has 12 heteroatoms. The largest absolute Gasteiger partial charge is 0.416 e. The summed E-state index contributed by atoms with van der Waals surface area (Å²) in [6.07, 6.45) is -2.01. The summed E-state index contributed by atoms with van der Waals surface area (Å²) in [6.45, 7) is 5.54. The van der Waals surface area contributed by atoms with Crippen LogP contribution in [-0.4, -0.2) is 40.8 Å². The molecule has 37 heavy (non-hydrogen) atoms. The van der Waals surface area contributed by atoms with Gasteiger partial charge in [-0.05, 0) is 43.2 Å². The van der Waals surface area contributed by atoms with Crippen molar-refractivity contribution in [1.82, 2.24) is 15.0 Å². The van der Waals surface area contributed by atoms with Crippen LogP contribution in [0.3, 0.4) is 0 Å². The Hall–Kier alpha value is -3.67. The molecule has 0 amide bonds. The van der Waals surface area contributed by atoms with Gasteiger partial charge in [0.25, 0.3) is 5.95 Å². The minimum absolute atomic E-state index is 0.0164. The summed E-state index contributed by atoms with van der Waals surface area (Å²) < 4.78 is 59.0. The SMILES string of the molecule is CCc1nc(CN=Nc2ncc(F)c(N3CCOCC3CC)n2)ccc1Nc1cccc(C(F)(F)F)c1. The first kappa shape index (κ1) is 26.4. The number of hydrogen-bond acceptors (Lipinski definition) is 8. The van der Waals surface area contributed by atoms with Crippen LogP contribution in [0, 0.1) is 5.82 Å². The van der Waals surface area contributed by atoms with Crippen LogP contribution in [-0.2, 0) is 23.9 Å². The van der Waals surface area contributed by atoms with Gasteiger partial charge in [0, 0.05) is 12.2 Å². The molecule has 1 aliphatic heterocycles. The monoisotopic (exact) mass is 517 g/mol. The van der Waals surface area contributed by atoms with Gasteiger partial charge in [-0.1, -0.05) is 19.9 Å². The summed E-state index contributed by atoms with van der Waals surface area (Å²) in [7, 11) is 0. The van der Waals surface area contributed by atoms with Crippen LogP contribution in [0.15, 0.2) is 52.8 Å². The van der Waals surface area contributed by atoms with Crippen molar-refractivity contribution in [3.8, 4) is 0 Å². The highest BCUT2D eigenvalue weighted by molar-refractivity contribution is 5.62. The number of nitrogens with zero attached hydrogens (tertiary/aromatic N) is 6. The minimum Gasteiger partial charge on any atom is -0.377 e. The summed E-state index contributed by atoms with van der Waals surface area (Å²) in [4.78, 5) is 14.6. The Morgan fingerprint density at radius 3 is 2.76 bits per heavy atom. The molecule has 0 radical (unpaired) electrons. The van der Waals surface area contributed by atoms with Gasteiger partial charge in [0.1, 0.15) is 6.54 Å². The Morgan fingerprint density at radius 2 is 2.00 bits per heavy atom. The molecular formula is C25H27F4N7O. The van der Waals surface area contributed by atoms with E-state index in [1.807, 2.05) is 18.7 Å². The lowest BCUT2D eigenvalue weighted by molar-refractivity contribution is -0.137. The molecule has 0 aliphatic carbocycles. The zero-order chi connectivity index (χ0) is 26.4. The Balaban J connectivity index is 1.46. The lowest BCUT2D eigenvalue weighted by Crippen LogP contribution is -2.46. The minimum atomic E-state index is -4.42. The number of alkyl halides is 3. The normalized spacial score (nSPS) is 16.4. The zero-order valence-corrected chi connectivity index (χ0v) is 20.5. The number of aromatic nitrogens is 3. The quantitative estimate of drug-likeness (QED) is 0.281. The number of ether oxygens (including phenoxy) is 1. The van der Waals surface area contributed by atoms with Crippen LogP contribution in [0.5, 0.6) is 0 Å². The van der Waals surface area contributed by atoms with Gasteiger partial charge in [-0.25, -0.2) is 9.37 Å². The van der Waals surface area contributed by atoms with Crippen molar-refractivity contribution in [2.45, 2.75) is 45.5 Å². The number of halogens is 4. The fourth-order valence-corrected chi connectivity index (χ4v) is 3.99. The lowest BCUT2D eigenvalue weighted by Gasteiger charge is -2.35. The van der Waals surface area contributed by atoms with Crippen molar-refractivity contribution >= 4 is 23.1 Å². The Bertz CT molecular complexity index is 1250. The van der Waals surface area contributed by atoms with E-state index in [2.05, 4.69) is 30.5 Å². The molecule has 1 aliphatic rings. The molecule has 0 bridgehead atoms. The van der Waals surface area contributed by atoms with E-state index in [4.69, 9.17) is 4.74 Å². The average molecular weight is 518 g/mol. The van der Waals surface area contributed by atoms with Gasteiger partial charge in [0.2, 0.25) is 0 Å². The van der Waals surface area contributed by atoms with E-state index in [9.17, 15) is 17.6 Å². The molecule has 0 spiro atoms. The van der Waals surface area contributed by atoms with E-state index < -0.39 is 17.6 Å². The number of anilines is 3. The maximum atomic E-state index is 14.5. The van der Waals surface area contributed by atoms with Crippen molar-refractivity contribution in [3.05, 3.63) is 65.4 Å². The third kappa shape index (κ3) is 6.56. The van der Waals surface area contributed by atoms with E-state index in [-0.39, 0.29) is 24.4 Å². The van der Waals surface area contributed by atoms with Gasteiger partial charge in [0.05, 0.1) is 48.1 Å². The van der Waals surface area contributed by atoms with Gasteiger partial charge in [0.15, 0.2) is 11.6 Å². The van der Waals surface area contributed by atoms with Gasteiger partial charge < -0.3 is 15.0 Å². The summed E-state index contributed by atoms with van der Waals surface area (Å²) in [5.41, 5.74) is 1.46. The van der Waals surface area contributed by atoms with Crippen LogP contribution < -0.4 is 10.2 Å². The standard InChI is InChI=1S/C25H27F4N7O/c1-3-19-15-37-11-10-36(19)23-20(26)14-30-24(34-23)35-31-13-18-8-9-22(21(4-2)33-18)32-17-7-5-6-16(12-17)25(27,28)29/h5-9,12,14,19,32H,3-4,10-11,13,15H2,1-2H3. The first-order valence-electron chi connectivity index (χ1n) is 12.0. The molecule has 2 aromatic heterocycles. The Morgan fingerprint density at radius 1 is 1.16 bits per heavy atom. The van der Waals surface area contributed by atoms with Crippen molar-refractivity contribution in [1.29, 1.82) is 0 Å². The lowest BCUT2D eigenvalue weighted by atomic mass is 10.1. The molecule has 1 atom stereocenters. The molecule has 0 saturated carbocycles. The van der Waals surface area contributed by atoms with Crippen molar-refractivity contribution < 1.29 is 22.3 Å². The molecule has 3 aromatic rings. The van der Waals surface area contributed by atoms with Crippen molar-refractivity contribution in [2.24, 2.45) is 10.2 Å². The second-order valence-electron chi connectivity index (χ2n) is 8.43. The van der Waals surface area contributed by atoms with Gasteiger partial charge >= 0.3 is 6.18 Å². The second kappa shape index (κ2) is 11.6. The Labute approximate surface area is 211 Å². The highest BCUT2D eigenvalue weighted by atomic mass is 19.4. The number of benzene rings is 1. The molecule has 1 N–H and O–H groups in total. The van der Waals surface area contributed by atoms with Crippen LogP contribution in [0.1, 0.15) is 37.2 Å². The van der Waals surface area contributed by atoms with Crippen molar-refractivity contribution in [2.75, 3.05) is 30.0 Å². The topological polar surface area (TPSA) is 87.9 Å². The van der Waals surface area contributed by atoms with Gasteiger partial charge in [-0.15, -0.1) is 5.11 Å². The van der Waals surface area contributed by atoms with Crippen LogP contribution in [0.4, 0.5) is 40.7 Å². The zero-order valence-electron chi connectivity index (χ0n) is 20.5. The van der Waals surface area contributed by atoms with E-state index in [0.717, 1.165) is 24.8 Å². The number of nitrogens with one attached hydrogen (secondary N) is 1. The van der Waals surface area contributed by atoms with E-state index >= 15 is 0 Å². The van der Waals surface area contributed by atoms with E-state index in [0.29, 0.717) is 48.9 Å². The Kier molecular flexibility index (Phi) is 8.27.